The van der Waals surface area contributed by atoms with Crippen LogP contribution in [0.4, 0.5) is 5.69 Å². The maximum atomic E-state index is 12.6. The molecule has 4 nitrogen and oxygen atoms in total. The molecule has 1 N–H and O–H groups in total. The number of fused-ring (bicyclic) bond motifs is 1. The summed E-state index contributed by atoms with van der Waals surface area (Å²) in [6, 6.07) is 12.4. The number of hydrogen-bond acceptors (Lipinski definition) is 3. The molecule has 0 atom stereocenters. The van der Waals surface area contributed by atoms with Gasteiger partial charge in [-0.3, -0.25) is 4.72 Å². The number of benzene rings is 2. The summed E-state index contributed by atoms with van der Waals surface area (Å²) in [4.78, 5) is 0.266. The molecular weight excluding hydrogens is 310 g/mol. The van der Waals surface area contributed by atoms with E-state index in [-0.39, 0.29) is 10.5 Å². The fourth-order valence-electron chi connectivity index (χ4n) is 2.69. The molecule has 0 saturated carbocycles. The van der Waals surface area contributed by atoms with E-state index in [2.05, 4.69) is 4.72 Å². The fourth-order valence-corrected chi connectivity index (χ4v) is 3.87. The lowest BCUT2D eigenvalue weighted by Gasteiger charge is -2.32. The van der Waals surface area contributed by atoms with E-state index < -0.39 is 10.0 Å². The summed E-state index contributed by atoms with van der Waals surface area (Å²) in [5.41, 5.74) is 2.23. The minimum atomic E-state index is -3.60. The summed E-state index contributed by atoms with van der Waals surface area (Å²) in [7, 11) is -3.60. The monoisotopic (exact) mass is 331 g/mol. The first-order valence-electron chi connectivity index (χ1n) is 7.67. The number of ether oxygens (including phenoxy) is 1. The van der Waals surface area contributed by atoms with Crippen molar-refractivity contribution in [2.24, 2.45) is 0 Å². The molecule has 1 heterocycles. The van der Waals surface area contributed by atoms with Gasteiger partial charge in [0, 0.05) is 0 Å². The molecule has 0 aliphatic carbocycles. The molecule has 0 radical (unpaired) electrons. The molecule has 1 aliphatic heterocycles. The van der Waals surface area contributed by atoms with E-state index in [0.717, 1.165) is 29.7 Å². The van der Waals surface area contributed by atoms with Crippen LogP contribution in [0.1, 0.15) is 31.4 Å². The first-order chi connectivity index (χ1) is 10.8. The van der Waals surface area contributed by atoms with Gasteiger partial charge in [0.25, 0.3) is 10.0 Å². The summed E-state index contributed by atoms with van der Waals surface area (Å²) in [6.45, 7) is 5.96. The predicted molar refractivity (Wildman–Crippen MR) is 91.5 cm³/mol. The molecule has 0 aromatic heterocycles. The molecule has 0 amide bonds. The van der Waals surface area contributed by atoms with Crippen LogP contribution in [0.3, 0.4) is 0 Å². The zero-order chi connectivity index (χ0) is 16.7. The number of hydrogen-bond donors (Lipinski definition) is 1. The summed E-state index contributed by atoms with van der Waals surface area (Å²) in [5.74, 6) is 0.774. The van der Waals surface area contributed by atoms with E-state index in [0.29, 0.717) is 5.69 Å². The molecule has 0 fully saturated rings. The molecular formula is C18H21NO3S. The molecule has 0 saturated heterocycles. The van der Waals surface area contributed by atoms with Gasteiger partial charge in [-0.25, -0.2) is 8.42 Å². The number of sulfonamides is 1. The van der Waals surface area contributed by atoms with Crippen LogP contribution < -0.4 is 9.46 Å². The second-order valence-corrected chi connectivity index (χ2v) is 8.23. The number of para-hydroxylation sites is 1. The highest BCUT2D eigenvalue weighted by Gasteiger charge is 2.27. The molecule has 1 aliphatic rings. The second-order valence-electron chi connectivity index (χ2n) is 6.55. The summed E-state index contributed by atoms with van der Waals surface area (Å²) in [5, 5.41) is 0. The first-order valence-corrected chi connectivity index (χ1v) is 9.16. The third-order valence-electron chi connectivity index (χ3n) is 4.11. The average Bonchev–Trinajstić information content (AvgIpc) is 2.48. The minimum absolute atomic E-state index is 0.202. The molecule has 0 bridgehead atoms. The largest absolute Gasteiger partial charge is 0.488 e. The van der Waals surface area contributed by atoms with Crippen LogP contribution in [0.2, 0.25) is 0 Å². The third kappa shape index (κ3) is 3.34. The molecule has 2 aromatic carbocycles. The fraction of sp³-hybridized carbons (Fsp3) is 0.333. The van der Waals surface area contributed by atoms with Crippen molar-refractivity contribution in [3.63, 3.8) is 0 Å². The van der Waals surface area contributed by atoms with E-state index in [4.69, 9.17) is 4.74 Å². The highest BCUT2D eigenvalue weighted by atomic mass is 32.2. The van der Waals surface area contributed by atoms with Crippen molar-refractivity contribution in [3.05, 3.63) is 53.6 Å². The summed E-state index contributed by atoms with van der Waals surface area (Å²) >= 11 is 0. The van der Waals surface area contributed by atoms with Gasteiger partial charge < -0.3 is 4.74 Å². The molecule has 0 spiro atoms. The Bertz CT molecular complexity index is 841. The highest BCUT2D eigenvalue weighted by Crippen LogP contribution is 2.34. The van der Waals surface area contributed by atoms with Gasteiger partial charge >= 0.3 is 0 Å². The quantitative estimate of drug-likeness (QED) is 0.928. The highest BCUT2D eigenvalue weighted by molar-refractivity contribution is 7.92. The van der Waals surface area contributed by atoms with Gasteiger partial charge in [0.05, 0.1) is 10.6 Å². The van der Waals surface area contributed by atoms with Gasteiger partial charge in [0.1, 0.15) is 11.4 Å². The van der Waals surface area contributed by atoms with E-state index in [9.17, 15) is 8.42 Å². The molecule has 5 heteroatoms. The van der Waals surface area contributed by atoms with Crippen molar-refractivity contribution in [3.8, 4) is 5.75 Å². The minimum Gasteiger partial charge on any atom is -0.488 e. The van der Waals surface area contributed by atoms with E-state index in [1.807, 2.05) is 39.0 Å². The lowest BCUT2D eigenvalue weighted by Crippen LogP contribution is -2.32. The van der Waals surface area contributed by atoms with Crippen LogP contribution in [0.15, 0.2) is 47.4 Å². The zero-order valence-electron chi connectivity index (χ0n) is 13.6. The summed E-state index contributed by atoms with van der Waals surface area (Å²) in [6.07, 6.45) is 1.69. The first kappa shape index (κ1) is 15.9. The van der Waals surface area contributed by atoms with E-state index >= 15 is 0 Å². The number of anilines is 1. The standard InChI is InChI=1S/C18H21NO3S/c1-13-6-4-5-7-16(13)19-23(20,21)15-8-9-17-14(12-15)10-11-18(2,3)22-17/h4-9,12,19H,10-11H2,1-3H3. The van der Waals surface area contributed by atoms with Crippen molar-refractivity contribution in [1.82, 2.24) is 0 Å². The Hall–Kier alpha value is -2.01. The van der Waals surface area contributed by atoms with Gasteiger partial charge in [-0.2, -0.15) is 0 Å². The number of aryl methyl sites for hydroxylation is 2. The zero-order valence-corrected chi connectivity index (χ0v) is 14.4. The molecule has 23 heavy (non-hydrogen) atoms. The van der Waals surface area contributed by atoms with Crippen LogP contribution in [-0.4, -0.2) is 14.0 Å². The number of nitrogens with one attached hydrogen (secondary N) is 1. The Kier molecular flexibility index (Phi) is 3.84. The van der Waals surface area contributed by atoms with Gasteiger partial charge in [0.15, 0.2) is 0 Å². The Morgan fingerprint density at radius 2 is 1.87 bits per heavy atom. The molecule has 2 aromatic rings. The Morgan fingerprint density at radius 1 is 1.13 bits per heavy atom. The molecule has 0 unspecified atom stereocenters. The van der Waals surface area contributed by atoms with E-state index in [1.54, 1.807) is 24.3 Å². The van der Waals surface area contributed by atoms with Crippen molar-refractivity contribution in [1.29, 1.82) is 0 Å². The van der Waals surface area contributed by atoms with Gasteiger partial charge in [-0.1, -0.05) is 18.2 Å². The van der Waals surface area contributed by atoms with E-state index in [1.165, 1.54) is 0 Å². The van der Waals surface area contributed by atoms with Gasteiger partial charge in [0.2, 0.25) is 0 Å². The lowest BCUT2D eigenvalue weighted by molar-refractivity contribution is 0.0845. The lowest BCUT2D eigenvalue weighted by atomic mass is 9.94. The topological polar surface area (TPSA) is 55.4 Å². The van der Waals surface area contributed by atoms with Crippen LogP contribution in [0.5, 0.6) is 5.75 Å². The van der Waals surface area contributed by atoms with Crippen LogP contribution in [0, 0.1) is 6.92 Å². The molecule has 3 rings (SSSR count). The van der Waals surface area contributed by atoms with Crippen LogP contribution >= 0.6 is 0 Å². The maximum Gasteiger partial charge on any atom is 0.261 e. The predicted octanol–water partition coefficient (Wildman–Crippen LogP) is 3.90. The van der Waals surface area contributed by atoms with Crippen molar-refractivity contribution >= 4 is 15.7 Å². The Morgan fingerprint density at radius 3 is 2.61 bits per heavy atom. The van der Waals surface area contributed by atoms with Gasteiger partial charge in [-0.05, 0) is 69.0 Å². The summed E-state index contributed by atoms with van der Waals surface area (Å²) < 4.78 is 33.8. The Balaban J connectivity index is 1.91. The Labute approximate surface area is 137 Å². The smallest absolute Gasteiger partial charge is 0.261 e. The maximum absolute atomic E-state index is 12.6. The van der Waals surface area contributed by atoms with Crippen molar-refractivity contribution in [2.45, 2.75) is 44.1 Å². The van der Waals surface area contributed by atoms with Crippen LogP contribution in [-0.2, 0) is 16.4 Å². The number of rotatable bonds is 3. The third-order valence-corrected chi connectivity index (χ3v) is 5.48. The average molecular weight is 331 g/mol. The van der Waals surface area contributed by atoms with Crippen molar-refractivity contribution < 1.29 is 13.2 Å². The normalized spacial score (nSPS) is 16.3. The SMILES string of the molecule is Cc1ccccc1NS(=O)(=O)c1ccc2c(c1)CCC(C)(C)O2. The van der Waals surface area contributed by atoms with Crippen molar-refractivity contribution in [2.75, 3.05) is 4.72 Å². The van der Waals surface area contributed by atoms with Crippen LogP contribution in [0.25, 0.3) is 0 Å². The second kappa shape index (κ2) is 5.57. The van der Waals surface area contributed by atoms with Gasteiger partial charge in [-0.15, -0.1) is 0 Å². The molecule has 122 valence electrons.